The van der Waals surface area contributed by atoms with E-state index < -0.39 is 17.1 Å². The molecule has 6 aromatic rings. The van der Waals surface area contributed by atoms with Crippen LogP contribution >= 0.6 is 11.8 Å². The molecule has 1 aliphatic heterocycles. The molecule has 10 nitrogen and oxygen atoms in total. The van der Waals surface area contributed by atoms with Crippen LogP contribution < -0.4 is 21.0 Å². The second kappa shape index (κ2) is 15.4. The highest BCUT2D eigenvalue weighted by Crippen LogP contribution is 2.37. The molecule has 4 N–H and O–H groups in total. The van der Waals surface area contributed by atoms with Gasteiger partial charge in [0.05, 0.1) is 12.1 Å². The van der Waals surface area contributed by atoms with Crippen molar-refractivity contribution in [3.63, 3.8) is 0 Å². The number of para-hydroxylation sites is 2. The molecule has 1 atom stereocenters. The van der Waals surface area contributed by atoms with Gasteiger partial charge in [0.2, 0.25) is 5.91 Å². The van der Waals surface area contributed by atoms with Crippen LogP contribution in [0.4, 0.5) is 11.4 Å². The number of H-pyrrole nitrogens is 1. The molecule has 1 aliphatic rings. The van der Waals surface area contributed by atoms with Crippen molar-refractivity contribution < 1.29 is 19.2 Å². The summed E-state index contributed by atoms with van der Waals surface area (Å²) in [6.45, 7) is 0. The van der Waals surface area contributed by atoms with Crippen LogP contribution in [0.2, 0.25) is 0 Å². The fraction of sp³-hybridized carbons (Fsp3) is 0.0488. The lowest BCUT2D eigenvalue weighted by molar-refractivity contribution is -0.119. The van der Waals surface area contributed by atoms with Gasteiger partial charge in [-0.15, -0.1) is 11.8 Å². The van der Waals surface area contributed by atoms with Crippen LogP contribution in [0.15, 0.2) is 161 Å². The van der Waals surface area contributed by atoms with Crippen LogP contribution in [0.25, 0.3) is 17.0 Å². The van der Waals surface area contributed by atoms with Crippen molar-refractivity contribution in [2.24, 2.45) is 5.10 Å². The van der Waals surface area contributed by atoms with Gasteiger partial charge in [-0.05, 0) is 60.2 Å². The number of rotatable bonds is 10. The predicted octanol–water partition coefficient (Wildman–Crippen LogP) is 7.28. The van der Waals surface area contributed by atoms with Crippen LogP contribution in [0.3, 0.4) is 0 Å². The van der Waals surface area contributed by atoms with Gasteiger partial charge < -0.3 is 20.9 Å². The number of amides is 4. The maximum atomic E-state index is 13.8. The van der Waals surface area contributed by atoms with Crippen LogP contribution in [-0.2, 0) is 14.4 Å². The van der Waals surface area contributed by atoms with E-state index in [9.17, 15) is 19.2 Å². The zero-order valence-corrected chi connectivity index (χ0v) is 28.5. The Morgan fingerprint density at radius 2 is 1.48 bits per heavy atom. The summed E-state index contributed by atoms with van der Waals surface area (Å²) in [5, 5.41) is 14.4. The zero-order chi connectivity index (χ0) is 35.9. The summed E-state index contributed by atoms with van der Waals surface area (Å²) in [7, 11) is 0. The Bertz CT molecular complexity index is 2320. The van der Waals surface area contributed by atoms with Crippen LogP contribution in [-0.4, -0.2) is 34.4 Å². The van der Waals surface area contributed by atoms with E-state index in [1.54, 1.807) is 66.9 Å². The standard InChI is InChI=1S/C41H32N6O4S/c48-37-25-36(46-47(37)31-18-8-3-9-19-31)45-41(51)38(27-13-4-1-5-14-27)52-32-20-12-17-30(24-32)43-40(50)35(44-39(49)28-15-6-2-7-16-28)23-29-26-42-34-22-11-10-21-33(29)34/h1-24,26,38,42H,25H2,(H,43,50)(H,44,49)(H,45,46,51)/b35-23-. The number of benzene rings is 5. The molecule has 7 rings (SSSR count). The second-order valence-corrected chi connectivity index (χ2v) is 13.0. The third kappa shape index (κ3) is 7.85. The Kier molecular flexibility index (Phi) is 10.0. The van der Waals surface area contributed by atoms with E-state index in [4.69, 9.17) is 0 Å². The summed E-state index contributed by atoms with van der Waals surface area (Å²) in [6, 6.07) is 41.8. The van der Waals surface area contributed by atoms with Crippen molar-refractivity contribution in [2.45, 2.75) is 16.6 Å². The number of nitrogens with zero attached hydrogens (tertiary/aromatic N) is 2. The lowest BCUT2D eigenvalue weighted by atomic mass is 10.1. The first kappa shape index (κ1) is 33.8. The SMILES string of the molecule is O=C(Nc1cccc(SC(C(=O)NC2=NN(c3ccccc3)C(=O)C2)c2ccccc2)c1)/C(=C/c1c[nH]c2ccccc12)NC(=O)c1ccccc1. The summed E-state index contributed by atoms with van der Waals surface area (Å²) < 4.78 is 0. The summed E-state index contributed by atoms with van der Waals surface area (Å²) in [4.78, 5) is 57.5. The minimum Gasteiger partial charge on any atom is -0.361 e. The number of aromatic nitrogens is 1. The monoisotopic (exact) mass is 704 g/mol. The number of carbonyl (C=O) groups is 4. The molecule has 52 heavy (non-hydrogen) atoms. The third-order valence-electron chi connectivity index (χ3n) is 8.18. The molecule has 0 bridgehead atoms. The van der Waals surface area contributed by atoms with Gasteiger partial charge >= 0.3 is 0 Å². The fourth-order valence-corrected chi connectivity index (χ4v) is 6.76. The summed E-state index contributed by atoms with van der Waals surface area (Å²) in [5.74, 6) is -1.29. The van der Waals surface area contributed by atoms with Crippen molar-refractivity contribution in [3.8, 4) is 0 Å². The molecule has 11 heteroatoms. The van der Waals surface area contributed by atoms with Crippen LogP contribution in [0, 0.1) is 0 Å². The molecule has 0 spiro atoms. The number of anilines is 2. The molecule has 256 valence electrons. The Hall–Kier alpha value is -6.72. The first-order chi connectivity index (χ1) is 25.4. The van der Waals surface area contributed by atoms with Crippen molar-refractivity contribution in [1.29, 1.82) is 0 Å². The average molecular weight is 705 g/mol. The molecular formula is C41H32N6O4S. The van der Waals surface area contributed by atoms with Gasteiger partial charge in [0.1, 0.15) is 16.8 Å². The molecule has 0 fully saturated rings. The Morgan fingerprint density at radius 1 is 0.788 bits per heavy atom. The maximum absolute atomic E-state index is 13.8. The van der Waals surface area contributed by atoms with E-state index >= 15 is 0 Å². The van der Waals surface area contributed by atoms with Crippen molar-refractivity contribution in [1.82, 2.24) is 15.6 Å². The minimum absolute atomic E-state index is 0.0382. The average Bonchev–Trinajstić information content (AvgIpc) is 3.76. The Labute approximate surface area is 303 Å². The number of thioether (sulfide) groups is 1. The first-order valence-electron chi connectivity index (χ1n) is 16.4. The summed E-state index contributed by atoms with van der Waals surface area (Å²) in [6.07, 6.45) is 3.38. The second-order valence-electron chi connectivity index (χ2n) is 11.8. The molecule has 2 heterocycles. The van der Waals surface area contributed by atoms with Gasteiger partial charge in [-0.25, -0.2) is 0 Å². The molecule has 0 saturated heterocycles. The number of aromatic amines is 1. The van der Waals surface area contributed by atoms with E-state index in [0.717, 1.165) is 22.0 Å². The lowest BCUT2D eigenvalue weighted by Crippen LogP contribution is -2.33. The van der Waals surface area contributed by atoms with Gasteiger partial charge in [0.25, 0.3) is 17.7 Å². The number of fused-ring (bicyclic) bond motifs is 1. The van der Waals surface area contributed by atoms with Crippen LogP contribution in [0.5, 0.6) is 0 Å². The summed E-state index contributed by atoms with van der Waals surface area (Å²) >= 11 is 1.29. The van der Waals surface area contributed by atoms with Gasteiger partial charge in [0.15, 0.2) is 0 Å². The number of carbonyl (C=O) groups excluding carboxylic acids is 4. The van der Waals surface area contributed by atoms with E-state index in [1.165, 1.54) is 16.8 Å². The molecule has 1 aromatic heterocycles. The van der Waals surface area contributed by atoms with Crippen molar-refractivity contribution in [3.05, 3.63) is 168 Å². The topological polar surface area (TPSA) is 136 Å². The number of hydrazone groups is 1. The molecule has 0 saturated carbocycles. The molecule has 5 aromatic carbocycles. The highest BCUT2D eigenvalue weighted by atomic mass is 32.2. The fourth-order valence-electron chi connectivity index (χ4n) is 5.67. The predicted molar refractivity (Wildman–Crippen MR) is 204 cm³/mol. The number of hydrogen-bond donors (Lipinski definition) is 4. The molecule has 0 radical (unpaired) electrons. The van der Waals surface area contributed by atoms with E-state index in [1.807, 2.05) is 84.9 Å². The summed E-state index contributed by atoms with van der Waals surface area (Å²) in [5.41, 5.74) is 3.91. The van der Waals surface area contributed by atoms with Gasteiger partial charge in [-0.3, -0.25) is 19.2 Å². The lowest BCUT2D eigenvalue weighted by Gasteiger charge is -2.17. The van der Waals surface area contributed by atoms with Crippen molar-refractivity contribution >= 4 is 69.6 Å². The van der Waals surface area contributed by atoms with Gasteiger partial charge in [0, 0.05) is 38.8 Å². The van der Waals surface area contributed by atoms with Crippen LogP contribution in [0.1, 0.15) is 33.2 Å². The highest BCUT2D eigenvalue weighted by Gasteiger charge is 2.29. The van der Waals surface area contributed by atoms with E-state index in [0.29, 0.717) is 21.8 Å². The molecule has 4 amide bonds. The number of nitrogens with one attached hydrogen (secondary N) is 4. The quantitative estimate of drug-likeness (QED) is 0.0879. The number of amidine groups is 1. The number of hydrogen-bond acceptors (Lipinski definition) is 6. The largest absolute Gasteiger partial charge is 0.361 e. The Balaban J connectivity index is 1.12. The highest BCUT2D eigenvalue weighted by molar-refractivity contribution is 8.00. The zero-order valence-electron chi connectivity index (χ0n) is 27.7. The maximum Gasteiger partial charge on any atom is 0.272 e. The van der Waals surface area contributed by atoms with Gasteiger partial charge in [-0.1, -0.05) is 91.0 Å². The molecular weight excluding hydrogens is 673 g/mol. The van der Waals surface area contributed by atoms with E-state index in [-0.39, 0.29) is 29.8 Å². The van der Waals surface area contributed by atoms with Crippen molar-refractivity contribution in [2.75, 3.05) is 10.3 Å². The normalized spacial score (nSPS) is 13.4. The first-order valence-corrected chi connectivity index (χ1v) is 17.3. The Morgan fingerprint density at radius 3 is 2.25 bits per heavy atom. The van der Waals surface area contributed by atoms with E-state index in [2.05, 4.69) is 26.0 Å². The molecule has 0 aliphatic carbocycles. The molecule has 1 unspecified atom stereocenters. The minimum atomic E-state index is -0.710. The third-order valence-corrected chi connectivity index (χ3v) is 9.43. The van der Waals surface area contributed by atoms with Gasteiger partial charge in [-0.2, -0.15) is 10.1 Å². The smallest absolute Gasteiger partial charge is 0.272 e.